The number of likely N-dealkylation sites (tertiary alicyclic amines) is 1. The Labute approximate surface area is 131 Å². The van der Waals surface area contributed by atoms with Crippen LogP contribution in [0.25, 0.3) is 0 Å². The molecule has 1 N–H and O–H groups in total. The molecule has 1 aliphatic rings. The van der Waals surface area contributed by atoms with E-state index in [1.54, 1.807) is 18.3 Å². The maximum atomic E-state index is 11.9. The number of nitrogens with zero attached hydrogens (tertiary/aromatic N) is 2. The van der Waals surface area contributed by atoms with Crippen LogP contribution in [0.1, 0.15) is 37.7 Å². The van der Waals surface area contributed by atoms with E-state index < -0.39 is 0 Å². The molecule has 0 unspecified atom stereocenters. The van der Waals surface area contributed by atoms with Crippen molar-refractivity contribution >= 4 is 23.7 Å². The number of hydrogen-bond donors (Lipinski definition) is 1. The highest BCUT2D eigenvalue weighted by atomic mass is 35.5. The first kappa shape index (κ1) is 16.0. The minimum atomic E-state index is -0.0612. The molecule has 1 heterocycles. The number of rotatable bonds is 4. The van der Waals surface area contributed by atoms with Crippen molar-refractivity contribution in [2.24, 2.45) is 5.10 Å². The molecule has 1 aliphatic heterocycles. The molecule has 1 fully saturated rings. The van der Waals surface area contributed by atoms with Crippen molar-refractivity contribution in [3.05, 3.63) is 34.9 Å². The summed E-state index contributed by atoms with van der Waals surface area (Å²) >= 11 is 5.89. The van der Waals surface area contributed by atoms with Crippen LogP contribution in [0.2, 0.25) is 5.02 Å². The van der Waals surface area contributed by atoms with Gasteiger partial charge in [-0.25, -0.2) is 5.43 Å². The van der Waals surface area contributed by atoms with Crippen LogP contribution in [0.3, 0.4) is 0 Å². The van der Waals surface area contributed by atoms with E-state index in [9.17, 15) is 4.79 Å². The Balaban J connectivity index is 1.76. The lowest BCUT2D eigenvalue weighted by Crippen LogP contribution is -2.37. The molecule has 114 valence electrons. The smallest absolute Gasteiger partial charge is 0.254 e. The van der Waals surface area contributed by atoms with E-state index in [1.165, 1.54) is 32.1 Å². The number of hydrazone groups is 1. The van der Waals surface area contributed by atoms with Crippen LogP contribution in [0.4, 0.5) is 0 Å². The van der Waals surface area contributed by atoms with Crippen molar-refractivity contribution in [3.8, 4) is 0 Å². The molecular formula is C16H22ClN3O. The van der Waals surface area contributed by atoms with Gasteiger partial charge in [0.2, 0.25) is 0 Å². The third kappa shape index (κ3) is 6.27. The van der Waals surface area contributed by atoms with Gasteiger partial charge in [0.25, 0.3) is 5.91 Å². The van der Waals surface area contributed by atoms with Crippen LogP contribution in [-0.2, 0) is 4.79 Å². The minimum Gasteiger partial charge on any atom is -0.294 e. The largest absolute Gasteiger partial charge is 0.294 e. The van der Waals surface area contributed by atoms with E-state index in [2.05, 4.69) is 15.4 Å². The van der Waals surface area contributed by atoms with Gasteiger partial charge in [0.15, 0.2) is 0 Å². The molecule has 0 radical (unpaired) electrons. The van der Waals surface area contributed by atoms with Crippen LogP contribution in [-0.4, -0.2) is 36.7 Å². The van der Waals surface area contributed by atoms with Gasteiger partial charge in [-0.15, -0.1) is 0 Å². The molecule has 0 spiro atoms. The third-order valence-electron chi connectivity index (χ3n) is 3.57. The Morgan fingerprint density at radius 3 is 2.67 bits per heavy atom. The third-order valence-corrected chi connectivity index (χ3v) is 3.80. The number of amides is 1. The highest BCUT2D eigenvalue weighted by Crippen LogP contribution is 2.10. The van der Waals surface area contributed by atoms with Gasteiger partial charge in [0.05, 0.1) is 12.8 Å². The first-order chi connectivity index (χ1) is 10.2. The molecule has 0 aliphatic carbocycles. The fourth-order valence-corrected chi connectivity index (χ4v) is 2.67. The fourth-order valence-electron chi connectivity index (χ4n) is 2.48. The second-order valence-electron chi connectivity index (χ2n) is 5.39. The summed E-state index contributed by atoms with van der Waals surface area (Å²) in [6, 6.07) is 7.35. The van der Waals surface area contributed by atoms with Crippen LogP contribution in [0, 0.1) is 0 Å². The average Bonchev–Trinajstić information content (AvgIpc) is 2.42. The summed E-state index contributed by atoms with van der Waals surface area (Å²) in [5, 5.41) is 4.64. The number of nitrogens with one attached hydrogen (secondary N) is 1. The molecule has 0 atom stereocenters. The van der Waals surface area contributed by atoms with Gasteiger partial charge in [-0.3, -0.25) is 9.69 Å². The highest BCUT2D eigenvalue weighted by molar-refractivity contribution is 6.30. The Kier molecular flexibility index (Phi) is 6.70. The van der Waals surface area contributed by atoms with Crippen LogP contribution >= 0.6 is 11.6 Å². The quantitative estimate of drug-likeness (QED) is 0.686. The highest BCUT2D eigenvalue weighted by Gasteiger charge is 2.11. The lowest BCUT2D eigenvalue weighted by molar-refractivity contribution is -0.122. The number of benzene rings is 1. The van der Waals surface area contributed by atoms with Crippen LogP contribution in [0.5, 0.6) is 0 Å². The van der Waals surface area contributed by atoms with Crippen molar-refractivity contribution in [2.45, 2.75) is 32.1 Å². The number of carbonyl (C=O) groups is 1. The Bertz CT molecular complexity index is 482. The molecular weight excluding hydrogens is 286 g/mol. The summed E-state index contributed by atoms with van der Waals surface area (Å²) in [7, 11) is 0. The van der Waals surface area contributed by atoms with Gasteiger partial charge in [0, 0.05) is 5.02 Å². The molecule has 1 aromatic carbocycles. The van der Waals surface area contributed by atoms with Crippen LogP contribution < -0.4 is 5.43 Å². The van der Waals surface area contributed by atoms with E-state index in [-0.39, 0.29) is 5.91 Å². The van der Waals surface area contributed by atoms with Gasteiger partial charge >= 0.3 is 0 Å². The van der Waals surface area contributed by atoms with Gasteiger partial charge in [-0.05, 0) is 43.6 Å². The molecule has 0 bridgehead atoms. The van der Waals surface area contributed by atoms with Crippen molar-refractivity contribution in [2.75, 3.05) is 19.6 Å². The maximum Gasteiger partial charge on any atom is 0.254 e. The van der Waals surface area contributed by atoms with E-state index in [4.69, 9.17) is 11.6 Å². The molecule has 4 nitrogen and oxygen atoms in total. The van der Waals surface area contributed by atoms with E-state index in [0.29, 0.717) is 11.6 Å². The lowest BCUT2D eigenvalue weighted by Gasteiger charge is -2.23. The van der Waals surface area contributed by atoms with Crippen molar-refractivity contribution in [3.63, 3.8) is 0 Å². The molecule has 1 amide bonds. The van der Waals surface area contributed by atoms with E-state index in [1.807, 2.05) is 12.1 Å². The predicted molar refractivity (Wildman–Crippen MR) is 86.7 cm³/mol. The second kappa shape index (κ2) is 8.80. The zero-order chi connectivity index (χ0) is 14.9. The number of carbonyl (C=O) groups excluding carboxylic acids is 1. The molecule has 1 saturated heterocycles. The number of hydrogen-bond acceptors (Lipinski definition) is 3. The van der Waals surface area contributed by atoms with E-state index >= 15 is 0 Å². The van der Waals surface area contributed by atoms with Crippen molar-refractivity contribution < 1.29 is 4.79 Å². The topological polar surface area (TPSA) is 44.7 Å². The zero-order valence-corrected chi connectivity index (χ0v) is 13.0. The summed E-state index contributed by atoms with van der Waals surface area (Å²) in [5.74, 6) is -0.0612. The van der Waals surface area contributed by atoms with E-state index in [0.717, 1.165) is 18.7 Å². The molecule has 0 saturated carbocycles. The summed E-state index contributed by atoms with van der Waals surface area (Å²) in [5.41, 5.74) is 3.45. The molecule has 1 aromatic rings. The normalized spacial score (nSPS) is 17.4. The Hall–Kier alpha value is -1.39. The summed E-state index contributed by atoms with van der Waals surface area (Å²) in [6.45, 7) is 2.43. The Morgan fingerprint density at radius 2 is 1.95 bits per heavy atom. The summed E-state index contributed by atoms with van der Waals surface area (Å²) < 4.78 is 0. The first-order valence-electron chi connectivity index (χ1n) is 7.54. The fraction of sp³-hybridized carbons (Fsp3) is 0.500. The van der Waals surface area contributed by atoms with Crippen molar-refractivity contribution in [1.29, 1.82) is 0 Å². The predicted octanol–water partition coefficient (Wildman–Crippen LogP) is 3.06. The Morgan fingerprint density at radius 1 is 1.24 bits per heavy atom. The molecule has 2 rings (SSSR count). The van der Waals surface area contributed by atoms with Gasteiger partial charge in [-0.2, -0.15) is 5.10 Å². The van der Waals surface area contributed by atoms with Crippen LogP contribution in [0.15, 0.2) is 29.4 Å². The summed E-state index contributed by atoms with van der Waals surface area (Å²) in [4.78, 5) is 14.1. The van der Waals surface area contributed by atoms with Gasteiger partial charge in [-0.1, -0.05) is 43.0 Å². The van der Waals surface area contributed by atoms with Crippen molar-refractivity contribution in [1.82, 2.24) is 10.3 Å². The maximum absolute atomic E-state index is 11.9. The molecule has 0 aromatic heterocycles. The second-order valence-corrected chi connectivity index (χ2v) is 5.83. The van der Waals surface area contributed by atoms with Gasteiger partial charge < -0.3 is 0 Å². The van der Waals surface area contributed by atoms with Gasteiger partial charge in [0.1, 0.15) is 0 Å². The average molecular weight is 308 g/mol. The molecule has 5 heteroatoms. The minimum absolute atomic E-state index is 0.0612. The summed E-state index contributed by atoms with van der Waals surface area (Å²) in [6.07, 6.45) is 7.83. The SMILES string of the molecule is O=C(CN1CCCCCCC1)N/N=C\c1cccc(Cl)c1. The standard InChI is InChI=1S/C16H22ClN3O/c17-15-8-6-7-14(11-15)12-18-19-16(21)13-20-9-4-2-1-3-5-10-20/h6-8,11-12H,1-5,9-10,13H2,(H,19,21)/b18-12-. The molecule has 21 heavy (non-hydrogen) atoms. The zero-order valence-electron chi connectivity index (χ0n) is 12.2. The lowest BCUT2D eigenvalue weighted by atomic mass is 10.1. The first-order valence-corrected chi connectivity index (χ1v) is 7.92. The monoisotopic (exact) mass is 307 g/mol. The number of halogens is 1.